The van der Waals surface area contributed by atoms with Crippen LogP contribution in [-0.2, 0) is 9.84 Å². The summed E-state index contributed by atoms with van der Waals surface area (Å²) < 4.78 is 22.7. The predicted octanol–water partition coefficient (Wildman–Crippen LogP) is 0.967. The fourth-order valence-corrected chi connectivity index (χ4v) is 3.99. The second kappa shape index (κ2) is 4.58. The topological polar surface area (TPSA) is 71.4 Å². The lowest BCUT2D eigenvalue weighted by atomic mass is 9.94. The zero-order chi connectivity index (χ0) is 12.5. The van der Waals surface area contributed by atoms with Crippen LogP contribution in [0.4, 0.5) is 0 Å². The fourth-order valence-electron chi connectivity index (χ4n) is 2.16. The van der Waals surface area contributed by atoms with Crippen molar-refractivity contribution in [1.29, 1.82) is 0 Å². The highest BCUT2D eigenvalue weighted by Crippen LogP contribution is 2.31. The Morgan fingerprint density at radius 1 is 1.41 bits per heavy atom. The van der Waals surface area contributed by atoms with Crippen molar-refractivity contribution in [2.24, 2.45) is 5.92 Å². The van der Waals surface area contributed by atoms with E-state index >= 15 is 0 Å². The number of hydrogen-bond donors (Lipinski definition) is 1. The lowest BCUT2D eigenvalue weighted by Gasteiger charge is -2.17. The number of benzene rings is 1. The van der Waals surface area contributed by atoms with E-state index in [1.807, 2.05) is 0 Å². The van der Waals surface area contributed by atoms with E-state index in [2.05, 4.69) is 0 Å². The molecule has 0 spiro atoms. The van der Waals surface area contributed by atoms with Crippen LogP contribution in [0.1, 0.15) is 28.4 Å². The average molecular weight is 254 g/mol. The quantitative estimate of drug-likeness (QED) is 0.816. The maximum absolute atomic E-state index is 11.3. The summed E-state index contributed by atoms with van der Waals surface area (Å²) in [5.74, 6) is -0.0939. The van der Waals surface area contributed by atoms with Gasteiger partial charge in [0.25, 0.3) is 0 Å². The Balaban J connectivity index is 2.19. The largest absolute Gasteiger partial charge is 0.388 e. The summed E-state index contributed by atoms with van der Waals surface area (Å²) in [4.78, 5) is 10.6. The molecule has 2 rings (SSSR count). The van der Waals surface area contributed by atoms with E-state index in [0.717, 1.165) is 0 Å². The number of aldehydes is 1. The van der Waals surface area contributed by atoms with E-state index in [-0.39, 0.29) is 17.4 Å². The number of rotatable bonds is 3. The molecule has 5 heteroatoms. The molecule has 0 amide bonds. The van der Waals surface area contributed by atoms with Crippen LogP contribution in [0.2, 0.25) is 0 Å². The molecule has 1 N–H and O–H groups in total. The molecule has 0 aromatic heterocycles. The summed E-state index contributed by atoms with van der Waals surface area (Å²) in [6.07, 6.45) is 0.378. The Bertz CT molecular complexity index is 521. The number of carbonyl (C=O) groups is 1. The van der Waals surface area contributed by atoms with E-state index in [1.165, 1.54) is 0 Å². The SMILES string of the molecule is O=Cc1cccc(C(O)C2CCS(=O)(=O)C2)c1. The molecule has 2 unspecified atom stereocenters. The first kappa shape index (κ1) is 12.3. The Kier molecular flexibility index (Phi) is 3.31. The second-order valence-electron chi connectivity index (χ2n) is 4.40. The van der Waals surface area contributed by atoms with Crippen molar-refractivity contribution in [3.8, 4) is 0 Å². The highest BCUT2D eigenvalue weighted by Gasteiger charge is 2.33. The van der Waals surface area contributed by atoms with Gasteiger partial charge in [0.1, 0.15) is 6.29 Å². The molecular formula is C12H14O4S. The summed E-state index contributed by atoms with van der Waals surface area (Å²) in [6, 6.07) is 6.64. The van der Waals surface area contributed by atoms with Crippen LogP contribution >= 0.6 is 0 Å². The maximum atomic E-state index is 11.3. The van der Waals surface area contributed by atoms with Gasteiger partial charge in [0, 0.05) is 11.5 Å². The molecule has 1 aliphatic heterocycles. The monoisotopic (exact) mass is 254 g/mol. The normalized spacial score (nSPS) is 24.4. The van der Waals surface area contributed by atoms with Gasteiger partial charge >= 0.3 is 0 Å². The summed E-state index contributed by atoms with van der Waals surface area (Å²) in [5, 5.41) is 10.1. The van der Waals surface area contributed by atoms with E-state index < -0.39 is 15.9 Å². The van der Waals surface area contributed by atoms with E-state index in [9.17, 15) is 18.3 Å². The van der Waals surface area contributed by atoms with Gasteiger partial charge in [-0.3, -0.25) is 4.79 Å². The number of hydrogen-bond acceptors (Lipinski definition) is 4. The van der Waals surface area contributed by atoms with Crippen LogP contribution in [0.3, 0.4) is 0 Å². The van der Waals surface area contributed by atoms with Crippen LogP contribution in [0, 0.1) is 5.92 Å². The lowest BCUT2D eigenvalue weighted by molar-refractivity contribution is 0.112. The van der Waals surface area contributed by atoms with Gasteiger partial charge < -0.3 is 5.11 Å². The molecule has 1 fully saturated rings. The first-order chi connectivity index (χ1) is 8.02. The van der Waals surface area contributed by atoms with Crippen molar-refractivity contribution in [3.05, 3.63) is 35.4 Å². The number of carbonyl (C=O) groups excluding carboxylic acids is 1. The van der Waals surface area contributed by atoms with Crippen molar-refractivity contribution in [2.45, 2.75) is 12.5 Å². The Hall–Kier alpha value is -1.20. The van der Waals surface area contributed by atoms with Crippen molar-refractivity contribution >= 4 is 16.1 Å². The molecule has 1 aromatic rings. The van der Waals surface area contributed by atoms with Gasteiger partial charge in [0.2, 0.25) is 0 Å². The average Bonchev–Trinajstić information content (AvgIpc) is 2.69. The fraction of sp³-hybridized carbons (Fsp3) is 0.417. The standard InChI is InChI=1S/C12H14O4S/c13-7-9-2-1-3-10(6-9)12(14)11-4-5-17(15,16)8-11/h1-3,6-7,11-12,14H,4-5,8H2. The van der Waals surface area contributed by atoms with Crippen molar-refractivity contribution in [2.75, 3.05) is 11.5 Å². The summed E-state index contributed by atoms with van der Waals surface area (Å²) in [5.41, 5.74) is 1.10. The zero-order valence-electron chi connectivity index (χ0n) is 9.24. The molecule has 2 atom stereocenters. The molecule has 1 aromatic carbocycles. The van der Waals surface area contributed by atoms with Crippen LogP contribution in [-0.4, -0.2) is 31.3 Å². The Morgan fingerprint density at radius 2 is 2.18 bits per heavy atom. The molecule has 17 heavy (non-hydrogen) atoms. The second-order valence-corrected chi connectivity index (χ2v) is 6.62. The molecule has 92 valence electrons. The summed E-state index contributed by atoms with van der Waals surface area (Å²) in [7, 11) is -2.99. The lowest BCUT2D eigenvalue weighted by Crippen LogP contribution is -2.14. The van der Waals surface area contributed by atoms with Gasteiger partial charge in [-0.15, -0.1) is 0 Å². The smallest absolute Gasteiger partial charge is 0.150 e. The van der Waals surface area contributed by atoms with E-state index in [1.54, 1.807) is 24.3 Å². The third-order valence-corrected chi connectivity index (χ3v) is 4.90. The summed E-state index contributed by atoms with van der Waals surface area (Å²) >= 11 is 0. The van der Waals surface area contributed by atoms with Gasteiger partial charge in [-0.25, -0.2) is 8.42 Å². The van der Waals surface area contributed by atoms with Gasteiger partial charge in [-0.2, -0.15) is 0 Å². The molecule has 1 saturated heterocycles. The highest BCUT2D eigenvalue weighted by molar-refractivity contribution is 7.91. The molecule has 0 aliphatic carbocycles. The molecular weight excluding hydrogens is 240 g/mol. The van der Waals surface area contributed by atoms with Crippen molar-refractivity contribution < 1.29 is 18.3 Å². The molecule has 1 aliphatic rings. The molecule has 4 nitrogen and oxygen atoms in total. The van der Waals surface area contributed by atoms with Crippen LogP contribution in [0.5, 0.6) is 0 Å². The number of sulfone groups is 1. The van der Waals surface area contributed by atoms with Gasteiger partial charge in [-0.05, 0) is 18.1 Å². The number of aliphatic hydroxyl groups is 1. The highest BCUT2D eigenvalue weighted by atomic mass is 32.2. The molecule has 1 heterocycles. The minimum atomic E-state index is -2.99. The number of aliphatic hydroxyl groups excluding tert-OH is 1. The maximum Gasteiger partial charge on any atom is 0.150 e. The minimum absolute atomic E-state index is 0.0273. The summed E-state index contributed by atoms with van der Waals surface area (Å²) in [6.45, 7) is 0. The first-order valence-electron chi connectivity index (χ1n) is 5.45. The first-order valence-corrected chi connectivity index (χ1v) is 7.27. The molecule has 0 radical (unpaired) electrons. The Morgan fingerprint density at radius 3 is 2.76 bits per heavy atom. The van der Waals surface area contributed by atoms with Gasteiger partial charge in [-0.1, -0.05) is 18.2 Å². The van der Waals surface area contributed by atoms with E-state index in [4.69, 9.17) is 0 Å². The molecule has 0 bridgehead atoms. The van der Waals surface area contributed by atoms with Gasteiger partial charge in [0.15, 0.2) is 9.84 Å². The zero-order valence-corrected chi connectivity index (χ0v) is 10.1. The predicted molar refractivity (Wildman–Crippen MR) is 63.6 cm³/mol. The minimum Gasteiger partial charge on any atom is -0.388 e. The Labute approximate surface area is 100 Å². The van der Waals surface area contributed by atoms with Crippen LogP contribution in [0.15, 0.2) is 24.3 Å². The van der Waals surface area contributed by atoms with Crippen molar-refractivity contribution in [3.63, 3.8) is 0 Å². The van der Waals surface area contributed by atoms with Crippen LogP contribution in [0.25, 0.3) is 0 Å². The van der Waals surface area contributed by atoms with Gasteiger partial charge in [0.05, 0.1) is 17.6 Å². The van der Waals surface area contributed by atoms with Crippen molar-refractivity contribution in [1.82, 2.24) is 0 Å². The third kappa shape index (κ3) is 2.73. The van der Waals surface area contributed by atoms with E-state index in [0.29, 0.717) is 23.8 Å². The molecule has 0 saturated carbocycles. The third-order valence-electron chi connectivity index (χ3n) is 3.10. The van der Waals surface area contributed by atoms with Crippen LogP contribution < -0.4 is 0 Å².